The number of allylic oxidation sites excluding steroid dienone is 1. The summed E-state index contributed by atoms with van der Waals surface area (Å²) in [6.45, 7) is 9.36. The molecule has 1 aromatic carbocycles. The van der Waals surface area contributed by atoms with E-state index in [1.54, 1.807) is 20.8 Å². The van der Waals surface area contributed by atoms with E-state index >= 15 is 0 Å². The average Bonchev–Trinajstić information content (AvgIpc) is 4.00. The molecular formula is C37H47N5O8S. The molecule has 13 nitrogen and oxygen atoms in total. The zero-order valence-corrected chi connectivity index (χ0v) is 30.2. The zero-order valence-electron chi connectivity index (χ0n) is 29.4. The number of aromatic nitrogens is 1. The summed E-state index contributed by atoms with van der Waals surface area (Å²) in [6, 6.07) is 7.47. The van der Waals surface area contributed by atoms with Gasteiger partial charge in [0.05, 0.1) is 23.9 Å². The third-order valence-corrected chi connectivity index (χ3v) is 11.8. The monoisotopic (exact) mass is 721 g/mol. The van der Waals surface area contributed by atoms with Crippen LogP contribution in [0.25, 0.3) is 17.0 Å². The Hall–Kier alpha value is -4.46. The number of carbonyl (C=O) groups is 4. The number of pyridine rings is 1. The smallest absolute Gasteiger partial charge is 0.407 e. The van der Waals surface area contributed by atoms with Gasteiger partial charge in [-0.15, -0.1) is 6.58 Å². The number of hydrogen-bond acceptors (Lipinski definition) is 9. The molecule has 6 rings (SSSR count). The molecule has 14 heteroatoms. The average molecular weight is 722 g/mol. The normalized spacial score (nSPS) is 28.2. The molecular weight excluding hydrogens is 675 g/mol. The summed E-state index contributed by atoms with van der Waals surface area (Å²) in [7, 11) is -3.89. The predicted octanol–water partition coefficient (Wildman–Crippen LogP) is 3.98. The van der Waals surface area contributed by atoms with Gasteiger partial charge in [-0.05, 0) is 62.5 Å². The van der Waals surface area contributed by atoms with Gasteiger partial charge in [-0.1, -0.05) is 57.2 Å². The Morgan fingerprint density at radius 2 is 1.90 bits per heavy atom. The number of fused-ring (bicyclic) bond motifs is 4. The predicted molar refractivity (Wildman–Crippen MR) is 191 cm³/mol. The number of alkyl carbamates (subject to hydrolysis) is 1. The van der Waals surface area contributed by atoms with Gasteiger partial charge in [0.15, 0.2) is 0 Å². The van der Waals surface area contributed by atoms with Crippen LogP contribution in [0.5, 0.6) is 5.88 Å². The highest BCUT2D eigenvalue weighted by Gasteiger charge is 2.62. The van der Waals surface area contributed by atoms with Gasteiger partial charge in [-0.2, -0.15) is 0 Å². The Bertz CT molecular complexity index is 1850. The SMILES string of the molecule is C=C[C@@H]1C[C@]1(NC(=O)[C@@H]1C[C@@H]2CN1C(=O)[C@H](C(C)(C)C)NC(=O)OCCCCC/C=C/c1cc3ccccc3nc1O2)C(=O)NS(=O)(=O)C1CC1. The number of para-hydroxylation sites is 1. The Kier molecular flexibility index (Phi) is 10.2. The molecule has 2 aliphatic carbocycles. The van der Waals surface area contributed by atoms with Gasteiger partial charge in [0.2, 0.25) is 27.7 Å². The summed E-state index contributed by atoms with van der Waals surface area (Å²) in [6.07, 6.45) is 8.39. The minimum Gasteiger partial charge on any atom is -0.472 e. The van der Waals surface area contributed by atoms with Crippen molar-refractivity contribution in [3.63, 3.8) is 0 Å². The van der Waals surface area contributed by atoms with Crippen LogP contribution in [0.3, 0.4) is 0 Å². The fourth-order valence-corrected chi connectivity index (χ4v) is 8.13. The van der Waals surface area contributed by atoms with Crippen LogP contribution < -0.4 is 20.1 Å². The van der Waals surface area contributed by atoms with Gasteiger partial charge in [-0.3, -0.25) is 19.1 Å². The molecule has 1 saturated heterocycles. The first-order valence-corrected chi connectivity index (χ1v) is 19.2. The Labute approximate surface area is 298 Å². The van der Waals surface area contributed by atoms with E-state index in [4.69, 9.17) is 14.5 Å². The van der Waals surface area contributed by atoms with Gasteiger partial charge in [0.1, 0.15) is 23.7 Å². The van der Waals surface area contributed by atoms with Crippen molar-refractivity contribution in [2.24, 2.45) is 11.3 Å². The molecule has 3 N–H and O–H groups in total. The molecule has 51 heavy (non-hydrogen) atoms. The minimum atomic E-state index is -3.89. The molecule has 2 aliphatic heterocycles. The number of rotatable bonds is 6. The highest BCUT2D eigenvalue weighted by Crippen LogP contribution is 2.45. The number of cyclic esters (lactones) is 1. The largest absolute Gasteiger partial charge is 0.472 e. The quantitative estimate of drug-likeness (QED) is 0.373. The zero-order chi connectivity index (χ0) is 36.6. The van der Waals surface area contributed by atoms with Crippen molar-refractivity contribution in [2.45, 2.75) is 101 Å². The first-order valence-electron chi connectivity index (χ1n) is 17.7. The van der Waals surface area contributed by atoms with Gasteiger partial charge in [0.25, 0.3) is 5.91 Å². The lowest BCUT2D eigenvalue weighted by molar-refractivity contribution is -0.142. The molecule has 3 fully saturated rings. The van der Waals surface area contributed by atoms with Crippen molar-refractivity contribution in [2.75, 3.05) is 13.2 Å². The lowest BCUT2D eigenvalue weighted by atomic mass is 9.85. The summed E-state index contributed by atoms with van der Waals surface area (Å²) in [4.78, 5) is 61.3. The van der Waals surface area contributed by atoms with Gasteiger partial charge >= 0.3 is 6.09 Å². The van der Waals surface area contributed by atoms with E-state index in [-0.39, 0.29) is 26.0 Å². The molecule has 0 radical (unpaired) electrons. The first-order chi connectivity index (χ1) is 24.2. The van der Waals surface area contributed by atoms with Crippen LogP contribution in [0.4, 0.5) is 4.79 Å². The number of nitrogens with zero attached hydrogens (tertiary/aromatic N) is 2. The van der Waals surface area contributed by atoms with E-state index in [0.29, 0.717) is 25.1 Å². The highest BCUT2D eigenvalue weighted by atomic mass is 32.2. The van der Waals surface area contributed by atoms with Gasteiger partial charge in [0, 0.05) is 23.3 Å². The van der Waals surface area contributed by atoms with Crippen LogP contribution in [0.1, 0.15) is 77.7 Å². The highest BCUT2D eigenvalue weighted by molar-refractivity contribution is 7.91. The molecule has 0 spiro atoms. The molecule has 3 heterocycles. The Balaban J connectivity index is 1.33. The number of hydrogen-bond donors (Lipinski definition) is 3. The van der Waals surface area contributed by atoms with E-state index in [2.05, 4.69) is 21.9 Å². The molecule has 2 saturated carbocycles. The third-order valence-electron chi connectivity index (χ3n) is 10.0. The Morgan fingerprint density at radius 3 is 2.61 bits per heavy atom. The number of sulfonamides is 1. The summed E-state index contributed by atoms with van der Waals surface area (Å²) < 4.78 is 39.5. The van der Waals surface area contributed by atoms with Crippen molar-refractivity contribution in [1.82, 2.24) is 25.2 Å². The van der Waals surface area contributed by atoms with Crippen molar-refractivity contribution < 1.29 is 37.1 Å². The lowest BCUT2D eigenvalue weighted by Crippen LogP contribution is -2.60. The standard InChI is InChI=1S/C37H47N5O8S/c1-5-25-21-37(25,34(45)41-51(47,48)27-16-17-27)40-31(43)29-20-26-22-42(29)33(44)30(36(2,3)4)39-35(46)49-18-12-8-6-7-9-14-24-19-23-13-10-11-15-28(23)38-32(24)50-26/h5,9-11,13-15,19,25-27,29-30H,1,6-8,12,16-18,20-22H2,2-4H3,(H,39,46)(H,40,43)(H,41,45)/b14-9+/t25-,26-,29+,30-,37-/m1/s1. The summed E-state index contributed by atoms with van der Waals surface area (Å²) in [5.41, 5.74) is -0.842. The van der Waals surface area contributed by atoms with E-state index in [1.165, 1.54) is 11.0 Å². The van der Waals surface area contributed by atoms with Crippen molar-refractivity contribution in [3.05, 3.63) is 54.6 Å². The maximum Gasteiger partial charge on any atom is 0.407 e. The Morgan fingerprint density at radius 1 is 1.14 bits per heavy atom. The number of ether oxygens (including phenoxy) is 2. The molecule has 5 atom stereocenters. The van der Waals surface area contributed by atoms with Crippen molar-refractivity contribution in [1.29, 1.82) is 0 Å². The van der Waals surface area contributed by atoms with Gasteiger partial charge in [-0.25, -0.2) is 18.2 Å². The van der Waals surface area contributed by atoms with Crippen LogP contribution in [0.15, 0.2) is 49.1 Å². The second-order valence-corrected chi connectivity index (χ2v) is 17.0. The van der Waals surface area contributed by atoms with Crippen LogP contribution in [0, 0.1) is 11.3 Å². The van der Waals surface area contributed by atoms with Crippen molar-refractivity contribution in [3.8, 4) is 5.88 Å². The molecule has 274 valence electrons. The molecule has 1 aromatic heterocycles. The van der Waals surface area contributed by atoms with Crippen LogP contribution >= 0.6 is 0 Å². The van der Waals surface area contributed by atoms with E-state index in [0.717, 1.165) is 35.7 Å². The fraction of sp³-hybridized carbons (Fsp3) is 0.541. The molecule has 2 aromatic rings. The fourth-order valence-electron chi connectivity index (χ4n) is 6.77. The topological polar surface area (TPSA) is 173 Å². The summed E-state index contributed by atoms with van der Waals surface area (Å²) in [5.74, 6) is -2.16. The second-order valence-electron chi connectivity index (χ2n) is 15.1. The summed E-state index contributed by atoms with van der Waals surface area (Å²) >= 11 is 0. The number of amides is 4. The van der Waals surface area contributed by atoms with E-state index in [9.17, 15) is 27.6 Å². The second kappa shape index (κ2) is 14.3. The molecule has 0 unspecified atom stereocenters. The summed E-state index contributed by atoms with van der Waals surface area (Å²) in [5, 5.41) is 5.84. The van der Waals surface area contributed by atoms with E-state index < -0.39 is 74.1 Å². The lowest BCUT2D eigenvalue weighted by Gasteiger charge is -2.35. The first kappa shape index (κ1) is 36.3. The number of benzene rings is 1. The maximum atomic E-state index is 14.4. The van der Waals surface area contributed by atoms with Crippen LogP contribution in [0.2, 0.25) is 0 Å². The van der Waals surface area contributed by atoms with Crippen molar-refractivity contribution >= 4 is 50.8 Å². The maximum absolute atomic E-state index is 14.4. The third kappa shape index (κ3) is 8.05. The number of carbonyl (C=O) groups excluding carboxylic acids is 4. The number of nitrogens with one attached hydrogen (secondary N) is 3. The van der Waals surface area contributed by atoms with Crippen LogP contribution in [-0.2, 0) is 29.1 Å². The molecule has 2 bridgehead atoms. The van der Waals surface area contributed by atoms with E-state index in [1.807, 2.05) is 42.5 Å². The van der Waals surface area contributed by atoms with Gasteiger partial charge < -0.3 is 25.0 Å². The minimum absolute atomic E-state index is 0.0158. The molecule has 4 amide bonds. The molecule has 4 aliphatic rings. The van der Waals surface area contributed by atoms with Crippen LogP contribution in [-0.4, -0.2) is 84.2 Å².